The van der Waals surface area contributed by atoms with Crippen molar-refractivity contribution in [1.29, 1.82) is 0 Å². The van der Waals surface area contributed by atoms with Crippen LogP contribution >= 0.6 is 23.4 Å². The molecule has 0 aliphatic carbocycles. The molecular weight excluding hydrogens is 512 g/mol. The predicted molar refractivity (Wildman–Crippen MR) is 144 cm³/mol. The fraction of sp³-hybridized carbons (Fsp3) is 0.308. The Kier molecular flexibility index (Phi) is 6.29. The van der Waals surface area contributed by atoms with E-state index in [9.17, 15) is 9.59 Å². The Morgan fingerprint density at radius 1 is 1.05 bits per heavy atom. The molecule has 37 heavy (non-hydrogen) atoms. The van der Waals surface area contributed by atoms with Gasteiger partial charge in [0.2, 0.25) is 5.91 Å². The van der Waals surface area contributed by atoms with E-state index < -0.39 is 0 Å². The molecule has 1 fully saturated rings. The summed E-state index contributed by atoms with van der Waals surface area (Å²) in [4.78, 5) is 35.6. The standard InChI is InChI=1S/C26H25ClN6O3S/c1-36-21-8-6-18(7-9-21)30-10-12-31(13-11-30)23(34)14-20-16-37-26-29-24-22(25(35)32(20)26)15-28-33(24)19-4-2-17(27)3-5-19/h2-9,15,20H,10-14,16H2,1H3. The number of aromatic nitrogens is 4. The zero-order chi connectivity index (χ0) is 25.5. The Bertz CT molecular complexity index is 1510. The van der Waals surface area contributed by atoms with Crippen molar-refractivity contribution in [2.45, 2.75) is 17.6 Å². The number of hydrogen-bond donors (Lipinski definition) is 0. The third-order valence-corrected chi connectivity index (χ3v) is 8.27. The first kappa shape index (κ1) is 23.9. The number of halogens is 1. The quantitative estimate of drug-likeness (QED) is 0.360. The lowest BCUT2D eigenvalue weighted by Crippen LogP contribution is -2.49. The lowest BCUT2D eigenvalue weighted by molar-refractivity contribution is -0.132. The minimum absolute atomic E-state index is 0.0664. The summed E-state index contributed by atoms with van der Waals surface area (Å²) in [7, 11) is 1.65. The summed E-state index contributed by atoms with van der Waals surface area (Å²) in [5.74, 6) is 1.53. The smallest absolute Gasteiger partial charge is 0.265 e. The number of rotatable bonds is 5. The van der Waals surface area contributed by atoms with E-state index in [1.165, 1.54) is 11.8 Å². The van der Waals surface area contributed by atoms with Crippen LogP contribution in [0.3, 0.4) is 0 Å². The van der Waals surface area contributed by atoms with E-state index in [4.69, 9.17) is 21.3 Å². The average Bonchev–Trinajstić information content (AvgIpc) is 3.54. The van der Waals surface area contributed by atoms with Gasteiger partial charge in [-0.15, -0.1) is 0 Å². The number of benzene rings is 2. The highest BCUT2D eigenvalue weighted by Gasteiger charge is 2.32. The molecule has 9 nitrogen and oxygen atoms in total. The third-order valence-electron chi connectivity index (χ3n) is 6.92. The van der Waals surface area contributed by atoms with Gasteiger partial charge in [0.05, 0.1) is 25.0 Å². The van der Waals surface area contributed by atoms with Crippen molar-refractivity contribution >= 4 is 46.0 Å². The molecule has 1 amide bonds. The molecule has 1 atom stereocenters. The number of methoxy groups -OCH3 is 1. The maximum absolute atomic E-state index is 13.4. The molecule has 4 aromatic rings. The molecule has 0 bridgehead atoms. The van der Waals surface area contributed by atoms with Crippen LogP contribution in [-0.4, -0.2) is 69.2 Å². The maximum Gasteiger partial charge on any atom is 0.265 e. The van der Waals surface area contributed by atoms with Gasteiger partial charge in [0, 0.05) is 49.1 Å². The summed E-state index contributed by atoms with van der Waals surface area (Å²) in [5.41, 5.74) is 2.25. The molecule has 190 valence electrons. The van der Waals surface area contributed by atoms with Gasteiger partial charge in [0.25, 0.3) is 5.56 Å². The van der Waals surface area contributed by atoms with Crippen molar-refractivity contribution in [1.82, 2.24) is 24.2 Å². The van der Waals surface area contributed by atoms with Crippen molar-refractivity contribution < 1.29 is 9.53 Å². The molecule has 2 aromatic heterocycles. The van der Waals surface area contributed by atoms with Crippen LogP contribution in [0.15, 0.2) is 64.7 Å². The highest BCUT2D eigenvalue weighted by Crippen LogP contribution is 2.34. The Labute approximate surface area is 222 Å². The van der Waals surface area contributed by atoms with Gasteiger partial charge in [-0.3, -0.25) is 14.2 Å². The summed E-state index contributed by atoms with van der Waals surface area (Å²) >= 11 is 7.52. The molecule has 2 aromatic carbocycles. The monoisotopic (exact) mass is 536 g/mol. The van der Waals surface area contributed by atoms with E-state index in [0.717, 1.165) is 30.2 Å². The molecule has 0 N–H and O–H groups in total. The molecule has 1 unspecified atom stereocenters. The van der Waals surface area contributed by atoms with E-state index in [-0.39, 0.29) is 23.9 Å². The summed E-state index contributed by atoms with van der Waals surface area (Å²) in [6.45, 7) is 2.83. The first-order chi connectivity index (χ1) is 18.0. The van der Waals surface area contributed by atoms with Crippen LogP contribution in [0, 0.1) is 0 Å². The molecule has 2 aliphatic heterocycles. The number of anilines is 1. The second-order valence-corrected chi connectivity index (χ2v) is 10.5. The predicted octanol–water partition coefficient (Wildman–Crippen LogP) is 3.63. The number of thioether (sulfide) groups is 1. The second kappa shape index (κ2) is 9.75. The van der Waals surface area contributed by atoms with Crippen molar-refractivity contribution in [2.24, 2.45) is 0 Å². The average molecular weight is 537 g/mol. The fourth-order valence-corrected chi connectivity index (χ4v) is 6.15. The number of amides is 1. The van der Waals surface area contributed by atoms with Crippen LogP contribution in [0.2, 0.25) is 5.02 Å². The maximum atomic E-state index is 13.4. The van der Waals surface area contributed by atoms with Gasteiger partial charge in [0.1, 0.15) is 11.1 Å². The minimum Gasteiger partial charge on any atom is -0.497 e. The SMILES string of the molecule is COc1ccc(N2CCN(C(=O)CC3CSc4nc5c(cnn5-c5ccc(Cl)cc5)c(=O)n43)CC2)cc1. The number of hydrogen-bond acceptors (Lipinski definition) is 7. The summed E-state index contributed by atoms with van der Waals surface area (Å²) in [5, 5.41) is 6.08. The number of carbonyl (C=O) groups is 1. The second-order valence-electron chi connectivity index (χ2n) is 9.07. The van der Waals surface area contributed by atoms with Crippen molar-refractivity contribution in [2.75, 3.05) is 43.9 Å². The van der Waals surface area contributed by atoms with Gasteiger partial charge in [-0.2, -0.15) is 5.10 Å². The highest BCUT2D eigenvalue weighted by molar-refractivity contribution is 7.99. The number of carbonyl (C=O) groups excluding carboxylic acids is 1. The number of fused-ring (bicyclic) bond motifs is 2. The van der Waals surface area contributed by atoms with E-state index in [0.29, 0.717) is 40.1 Å². The van der Waals surface area contributed by atoms with E-state index in [1.807, 2.05) is 41.3 Å². The normalized spacial score (nSPS) is 17.3. The van der Waals surface area contributed by atoms with Gasteiger partial charge in [-0.05, 0) is 48.5 Å². The summed E-state index contributed by atoms with van der Waals surface area (Å²) in [6, 6.07) is 15.0. The first-order valence-electron chi connectivity index (χ1n) is 12.1. The van der Waals surface area contributed by atoms with Gasteiger partial charge in [0.15, 0.2) is 10.8 Å². The Hall–Kier alpha value is -3.50. The van der Waals surface area contributed by atoms with E-state index in [2.05, 4.69) is 10.00 Å². The lowest BCUT2D eigenvalue weighted by atomic mass is 10.1. The molecule has 1 saturated heterocycles. The zero-order valence-corrected chi connectivity index (χ0v) is 21.8. The molecule has 11 heteroatoms. The van der Waals surface area contributed by atoms with Crippen molar-refractivity contribution in [3.05, 3.63) is 70.1 Å². The lowest BCUT2D eigenvalue weighted by Gasteiger charge is -2.36. The van der Waals surface area contributed by atoms with Crippen LogP contribution in [0.5, 0.6) is 5.75 Å². The van der Waals surface area contributed by atoms with Crippen LogP contribution in [0.1, 0.15) is 12.5 Å². The topological polar surface area (TPSA) is 85.5 Å². The molecule has 0 saturated carbocycles. The van der Waals surface area contributed by atoms with Gasteiger partial charge in [-0.1, -0.05) is 23.4 Å². The first-order valence-corrected chi connectivity index (χ1v) is 13.4. The Balaban J connectivity index is 1.16. The van der Waals surface area contributed by atoms with Gasteiger partial charge >= 0.3 is 0 Å². The van der Waals surface area contributed by atoms with Crippen LogP contribution in [0.4, 0.5) is 5.69 Å². The Morgan fingerprint density at radius 3 is 2.46 bits per heavy atom. The van der Waals surface area contributed by atoms with E-state index in [1.54, 1.807) is 34.7 Å². The molecular formula is C26H25ClN6O3S. The molecule has 6 rings (SSSR count). The molecule has 4 heterocycles. The zero-order valence-electron chi connectivity index (χ0n) is 20.2. The largest absolute Gasteiger partial charge is 0.497 e. The van der Waals surface area contributed by atoms with Crippen molar-refractivity contribution in [3.8, 4) is 11.4 Å². The van der Waals surface area contributed by atoms with E-state index >= 15 is 0 Å². The number of ether oxygens (including phenoxy) is 1. The third kappa shape index (κ3) is 4.44. The fourth-order valence-electron chi connectivity index (χ4n) is 4.89. The number of piperazine rings is 1. The number of nitrogens with zero attached hydrogens (tertiary/aromatic N) is 6. The van der Waals surface area contributed by atoms with Crippen molar-refractivity contribution in [3.63, 3.8) is 0 Å². The molecule has 0 radical (unpaired) electrons. The summed E-state index contributed by atoms with van der Waals surface area (Å²) in [6.07, 6.45) is 1.83. The summed E-state index contributed by atoms with van der Waals surface area (Å²) < 4.78 is 8.56. The van der Waals surface area contributed by atoms with Crippen LogP contribution < -0.4 is 15.2 Å². The van der Waals surface area contributed by atoms with Crippen LogP contribution in [-0.2, 0) is 4.79 Å². The van der Waals surface area contributed by atoms with Crippen LogP contribution in [0.25, 0.3) is 16.7 Å². The minimum atomic E-state index is -0.226. The van der Waals surface area contributed by atoms with Gasteiger partial charge < -0.3 is 14.5 Å². The molecule has 0 spiro atoms. The Morgan fingerprint density at radius 2 is 1.76 bits per heavy atom. The molecule has 2 aliphatic rings. The van der Waals surface area contributed by atoms with Gasteiger partial charge in [-0.25, -0.2) is 9.67 Å². The highest BCUT2D eigenvalue weighted by atomic mass is 35.5.